The van der Waals surface area contributed by atoms with Crippen LogP contribution in [0.4, 0.5) is 4.79 Å². The number of aromatic nitrogens is 1. The van der Waals surface area contributed by atoms with E-state index in [1.165, 1.54) is 18.0 Å². The van der Waals surface area contributed by atoms with Crippen molar-refractivity contribution in [2.75, 3.05) is 20.7 Å². The number of hydrogen-bond acceptors (Lipinski definition) is 10. The van der Waals surface area contributed by atoms with Crippen LogP contribution >= 0.6 is 0 Å². The van der Waals surface area contributed by atoms with E-state index in [-0.39, 0.29) is 25.8 Å². The summed E-state index contributed by atoms with van der Waals surface area (Å²) in [5.74, 6) is -2.57. The number of pyridine rings is 1. The third kappa shape index (κ3) is 9.25. The van der Waals surface area contributed by atoms with Gasteiger partial charge in [0.15, 0.2) is 0 Å². The van der Waals surface area contributed by atoms with Gasteiger partial charge in [0.2, 0.25) is 27.7 Å². The standard InChI is InChI=1S/C43H52N6O10S/c1-8-26-23-43(26,40(53)47-60(56,57)29-16-17-29)46-38(51)33-20-28(24-49(33)39(52)34(48(6)41(54)55)22-36(42(3,4)5)45-37(50)9-2)59-35-21-31(25-13-11-10-12-14-25)44-32-19-27(58-7)15-18-30(32)35/h8-15,18-19,21,26,28-29,33-34,36H,1-2,16-17,20,22-24H2,3-7H3,(H,45,50)(H,46,51)(H,47,53)(H,54,55)/t26-,28-,33+,34+,36?,43-/m1/s1. The quantitative estimate of drug-likeness (QED) is 0.119. The first-order chi connectivity index (χ1) is 28.3. The highest BCUT2D eigenvalue weighted by molar-refractivity contribution is 7.91. The van der Waals surface area contributed by atoms with Crippen LogP contribution in [0.2, 0.25) is 0 Å². The van der Waals surface area contributed by atoms with Crippen LogP contribution in [0.1, 0.15) is 52.9 Å². The number of likely N-dealkylation sites (tertiary alicyclic amines) is 1. The van der Waals surface area contributed by atoms with Crippen molar-refractivity contribution in [3.8, 4) is 22.8 Å². The van der Waals surface area contributed by atoms with Crippen LogP contribution in [0.3, 0.4) is 0 Å². The Labute approximate surface area is 349 Å². The van der Waals surface area contributed by atoms with Crippen LogP contribution in [-0.4, -0.2) is 114 Å². The largest absolute Gasteiger partial charge is 0.497 e. The summed E-state index contributed by atoms with van der Waals surface area (Å²) in [6, 6.07) is 13.1. The van der Waals surface area contributed by atoms with Crippen molar-refractivity contribution in [3.63, 3.8) is 0 Å². The zero-order chi connectivity index (χ0) is 43.7. The molecule has 1 unspecified atom stereocenters. The van der Waals surface area contributed by atoms with E-state index < -0.39 is 86.1 Å². The average molecular weight is 845 g/mol. The van der Waals surface area contributed by atoms with Crippen molar-refractivity contribution in [2.24, 2.45) is 11.3 Å². The van der Waals surface area contributed by atoms with Crippen LogP contribution in [-0.2, 0) is 29.2 Å². The van der Waals surface area contributed by atoms with E-state index in [1.807, 2.05) is 51.1 Å². The number of amides is 5. The molecule has 320 valence electrons. The maximum atomic E-state index is 14.9. The maximum Gasteiger partial charge on any atom is 0.407 e. The van der Waals surface area contributed by atoms with Gasteiger partial charge >= 0.3 is 6.09 Å². The molecule has 5 amide bonds. The average Bonchev–Trinajstić information content (AvgIpc) is 4.15. The molecular formula is C43H52N6O10S. The molecule has 16 nitrogen and oxygen atoms in total. The number of carbonyl (C=O) groups excluding carboxylic acids is 4. The number of carboxylic acid groups (broad SMARTS) is 1. The maximum absolute atomic E-state index is 14.9. The lowest BCUT2D eigenvalue weighted by molar-refractivity contribution is -0.143. The molecule has 4 N–H and O–H groups in total. The third-order valence-electron chi connectivity index (χ3n) is 11.5. The van der Waals surface area contributed by atoms with Gasteiger partial charge in [-0.3, -0.25) is 28.8 Å². The minimum Gasteiger partial charge on any atom is -0.497 e. The van der Waals surface area contributed by atoms with Gasteiger partial charge < -0.3 is 30.1 Å². The number of nitrogens with one attached hydrogen (secondary N) is 3. The van der Waals surface area contributed by atoms with E-state index in [4.69, 9.17) is 14.5 Å². The van der Waals surface area contributed by atoms with E-state index in [0.29, 0.717) is 40.9 Å². The van der Waals surface area contributed by atoms with Gasteiger partial charge in [-0.1, -0.05) is 63.8 Å². The number of likely N-dealkylation sites (N-methyl/N-ethyl adjacent to an activating group) is 1. The summed E-state index contributed by atoms with van der Waals surface area (Å²) in [7, 11) is -1.20. The first kappa shape index (κ1) is 43.6. The number of hydrogen-bond donors (Lipinski definition) is 4. The third-order valence-corrected chi connectivity index (χ3v) is 13.3. The summed E-state index contributed by atoms with van der Waals surface area (Å²) in [6.45, 7) is 12.6. The zero-order valence-corrected chi connectivity index (χ0v) is 35.2. The van der Waals surface area contributed by atoms with Crippen molar-refractivity contribution in [3.05, 3.63) is 79.9 Å². The van der Waals surface area contributed by atoms with Gasteiger partial charge in [0.1, 0.15) is 35.2 Å². The topological polar surface area (TPSA) is 214 Å². The molecule has 1 saturated heterocycles. The van der Waals surface area contributed by atoms with Crippen LogP contribution in [0, 0.1) is 11.3 Å². The van der Waals surface area contributed by atoms with Gasteiger partial charge in [0.25, 0.3) is 5.91 Å². The van der Waals surface area contributed by atoms with E-state index in [9.17, 15) is 37.5 Å². The second-order valence-corrected chi connectivity index (χ2v) is 18.7. The molecule has 3 aliphatic rings. The monoisotopic (exact) mass is 844 g/mol. The number of benzene rings is 2. The number of carbonyl (C=O) groups is 5. The van der Waals surface area contributed by atoms with Gasteiger partial charge in [-0.15, -0.1) is 6.58 Å². The van der Waals surface area contributed by atoms with E-state index >= 15 is 0 Å². The fourth-order valence-electron chi connectivity index (χ4n) is 7.56. The Morgan fingerprint density at radius 3 is 2.37 bits per heavy atom. The molecule has 2 aromatic carbocycles. The minimum atomic E-state index is -3.97. The first-order valence-electron chi connectivity index (χ1n) is 19.7. The predicted octanol–water partition coefficient (Wildman–Crippen LogP) is 4.01. The second-order valence-electron chi connectivity index (χ2n) is 16.7. The van der Waals surface area contributed by atoms with Crippen molar-refractivity contribution < 1.29 is 47.0 Å². The lowest BCUT2D eigenvalue weighted by Gasteiger charge is -2.38. The van der Waals surface area contributed by atoms with Crippen LogP contribution in [0.25, 0.3) is 22.2 Å². The minimum absolute atomic E-state index is 0.0736. The fraction of sp³-hybridized carbons (Fsp3) is 0.442. The Morgan fingerprint density at radius 1 is 1.08 bits per heavy atom. The second kappa shape index (κ2) is 17.0. The molecule has 0 spiro atoms. The fourth-order valence-corrected chi connectivity index (χ4v) is 8.93. The lowest BCUT2D eigenvalue weighted by atomic mass is 9.82. The number of rotatable bonds is 16. The molecule has 2 aliphatic carbocycles. The van der Waals surface area contributed by atoms with Gasteiger partial charge in [-0.2, -0.15) is 0 Å². The van der Waals surface area contributed by atoms with Gasteiger partial charge in [-0.05, 0) is 49.3 Å². The molecular weight excluding hydrogens is 793 g/mol. The van der Waals surface area contributed by atoms with E-state index in [1.54, 1.807) is 31.4 Å². The summed E-state index contributed by atoms with van der Waals surface area (Å²) < 4.78 is 39.9. The SMILES string of the molecule is C=CC(=O)NC(C[C@@H](C(=O)N1C[C@H](Oc2cc(-c3ccccc3)nc3cc(OC)ccc23)C[C@H]1C(=O)N[C@]1(C(=O)NS(=O)(=O)C2CC2)C[C@H]1C=C)N(C)C(=O)O)C(C)(C)C. The summed E-state index contributed by atoms with van der Waals surface area (Å²) in [4.78, 5) is 75.1. The van der Waals surface area contributed by atoms with Crippen molar-refractivity contribution in [2.45, 2.75) is 87.9 Å². The van der Waals surface area contributed by atoms with E-state index in [2.05, 4.69) is 28.5 Å². The van der Waals surface area contributed by atoms with Crippen LogP contribution in [0.15, 0.2) is 79.9 Å². The van der Waals surface area contributed by atoms with Crippen molar-refractivity contribution in [1.82, 2.24) is 30.1 Å². The first-order valence-corrected chi connectivity index (χ1v) is 21.3. The molecule has 2 heterocycles. The van der Waals surface area contributed by atoms with Crippen LogP contribution in [0.5, 0.6) is 11.5 Å². The molecule has 17 heteroatoms. The molecule has 6 atom stereocenters. The molecule has 0 bridgehead atoms. The Balaban J connectivity index is 1.38. The Hall–Kier alpha value is -5.97. The van der Waals surface area contributed by atoms with Gasteiger partial charge in [-0.25, -0.2) is 18.2 Å². The molecule has 1 aromatic heterocycles. The Kier molecular flexibility index (Phi) is 12.3. The molecule has 60 heavy (non-hydrogen) atoms. The highest BCUT2D eigenvalue weighted by Crippen LogP contribution is 2.46. The highest BCUT2D eigenvalue weighted by atomic mass is 32.2. The number of nitrogens with zero attached hydrogens (tertiary/aromatic N) is 3. The summed E-state index contributed by atoms with van der Waals surface area (Å²) in [5, 5.41) is 15.7. The smallest absolute Gasteiger partial charge is 0.407 e. The van der Waals surface area contributed by atoms with Crippen molar-refractivity contribution in [1.29, 1.82) is 0 Å². The normalized spacial score (nSPS) is 22.1. The summed E-state index contributed by atoms with van der Waals surface area (Å²) in [5.41, 5.74) is -0.358. The molecule has 3 aromatic rings. The summed E-state index contributed by atoms with van der Waals surface area (Å²) in [6.07, 6.45) is 0.932. The Bertz CT molecular complexity index is 2310. The predicted molar refractivity (Wildman–Crippen MR) is 223 cm³/mol. The number of methoxy groups -OCH3 is 1. The molecule has 2 saturated carbocycles. The van der Waals surface area contributed by atoms with Crippen LogP contribution < -0.4 is 24.8 Å². The lowest BCUT2D eigenvalue weighted by Crippen LogP contribution is -2.59. The molecule has 0 radical (unpaired) electrons. The summed E-state index contributed by atoms with van der Waals surface area (Å²) >= 11 is 0. The number of ether oxygens (including phenoxy) is 2. The van der Waals surface area contributed by atoms with E-state index in [0.717, 1.165) is 16.5 Å². The van der Waals surface area contributed by atoms with Gasteiger partial charge in [0.05, 0.1) is 30.1 Å². The van der Waals surface area contributed by atoms with Gasteiger partial charge in [0, 0.05) is 48.5 Å². The zero-order valence-electron chi connectivity index (χ0n) is 34.3. The van der Waals surface area contributed by atoms with Crippen molar-refractivity contribution >= 4 is 50.6 Å². The number of sulfonamides is 1. The molecule has 6 rings (SSSR count). The highest BCUT2D eigenvalue weighted by Gasteiger charge is 2.62. The molecule has 3 fully saturated rings. The molecule has 1 aliphatic heterocycles. The number of fused-ring (bicyclic) bond motifs is 1. The Morgan fingerprint density at radius 2 is 1.78 bits per heavy atom.